The molecule has 7 aliphatic rings. The van der Waals surface area contributed by atoms with Crippen LogP contribution in [0.15, 0.2) is 11.6 Å². The van der Waals surface area contributed by atoms with E-state index in [4.69, 9.17) is 37.9 Å². The highest BCUT2D eigenvalue weighted by molar-refractivity contribution is 5.68. The van der Waals surface area contributed by atoms with Crippen LogP contribution in [0, 0.1) is 39.4 Å². The van der Waals surface area contributed by atoms with Crippen molar-refractivity contribution in [2.24, 2.45) is 39.4 Å². The third-order valence-electron chi connectivity index (χ3n) is 16.3. The second kappa shape index (κ2) is 14.0. The summed E-state index contributed by atoms with van der Waals surface area (Å²) in [6.07, 6.45) is 6.30. The zero-order chi connectivity index (χ0) is 41.0. The fourth-order valence-corrected chi connectivity index (χ4v) is 13.4. The van der Waals surface area contributed by atoms with Crippen LogP contribution in [0.3, 0.4) is 0 Å². The quantitative estimate of drug-likeness (QED) is 0.155. The van der Waals surface area contributed by atoms with Gasteiger partial charge in [-0.2, -0.15) is 0 Å². The van der Waals surface area contributed by atoms with Gasteiger partial charge in [-0.3, -0.25) is 19.1 Å². The molecule has 3 saturated heterocycles. The first-order valence-corrected chi connectivity index (χ1v) is 21.1. The van der Waals surface area contributed by atoms with Gasteiger partial charge in [0.2, 0.25) is 0 Å². The normalized spacial score (nSPS) is 48.1. The number of aliphatic hydroxyl groups is 1. The second-order valence-corrected chi connectivity index (χ2v) is 20.5. The summed E-state index contributed by atoms with van der Waals surface area (Å²) in [7, 11) is 0. The number of hydrogen-bond acceptors (Lipinski definition) is 12. The lowest BCUT2D eigenvalue weighted by atomic mass is 9.37. The van der Waals surface area contributed by atoms with Crippen molar-refractivity contribution >= 4 is 17.9 Å². The Kier molecular flexibility index (Phi) is 10.5. The van der Waals surface area contributed by atoms with Crippen molar-refractivity contribution in [1.82, 2.24) is 0 Å². The van der Waals surface area contributed by atoms with Crippen molar-refractivity contribution in [2.75, 3.05) is 6.61 Å². The summed E-state index contributed by atoms with van der Waals surface area (Å²) in [5, 5.41) is 10.8. The molecule has 12 nitrogen and oxygen atoms in total. The highest BCUT2D eigenvalue weighted by Gasteiger charge is 2.69. The molecule has 3 aliphatic heterocycles. The molecule has 0 aromatic rings. The number of fused-ring (bicyclic) bond motifs is 6. The van der Waals surface area contributed by atoms with Crippen LogP contribution in [-0.2, 0) is 52.3 Å². The Balaban J connectivity index is 1.10. The summed E-state index contributed by atoms with van der Waals surface area (Å²) in [5.74, 6) is -2.05. The van der Waals surface area contributed by atoms with Crippen LogP contribution >= 0.6 is 0 Å². The predicted molar refractivity (Wildman–Crippen MR) is 203 cm³/mol. The molecule has 0 spiro atoms. The minimum Gasteiger partial charge on any atom is -0.463 e. The van der Waals surface area contributed by atoms with E-state index in [1.165, 1.54) is 20.8 Å². The van der Waals surface area contributed by atoms with E-state index in [1.807, 2.05) is 13.8 Å². The molecule has 0 radical (unpaired) electrons. The average Bonchev–Trinajstić information content (AvgIpc) is 3.76. The number of esters is 3. The summed E-state index contributed by atoms with van der Waals surface area (Å²) >= 11 is 0. The largest absolute Gasteiger partial charge is 0.463 e. The lowest BCUT2D eigenvalue weighted by Gasteiger charge is -2.68. The molecule has 15 atom stereocenters. The molecular weight excluding hydrogens is 720 g/mol. The van der Waals surface area contributed by atoms with Gasteiger partial charge in [0.15, 0.2) is 24.6 Å². The van der Waals surface area contributed by atoms with Gasteiger partial charge < -0.3 is 38.3 Å². The molecular formula is C44H68O12. The lowest BCUT2D eigenvalue weighted by molar-refractivity contribution is -0.378. The first-order chi connectivity index (χ1) is 25.9. The molecule has 0 aromatic carbocycles. The maximum absolute atomic E-state index is 12.3. The number of ether oxygens (including phenoxy) is 8. The van der Waals surface area contributed by atoms with Crippen LogP contribution in [0.2, 0.25) is 0 Å². The third-order valence-corrected chi connectivity index (χ3v) is 16.3. The second-order valence-electron chi connectivity index (χ2n) is 20.5. The predicted octanol–water partition coefficient (Wildman–Crippen LogP) is 6.93. The highest BCUT2D eigenvalue weighted by Crippen LogP contribution is 2.75. The van der Waals surface area contributed by atoms with Crippen LogP contribution in [0.5, 0.6) is 0 Å². The Morgan fingerprint density at radius 3 is 2.11 bits per heavy atom. The van der Waals surface area contributed by atoms with Gasteiger partial charge in [-0.25, -0.2) is 0 Å². The molecule has 6 fully saturated rings. The smallest absolute Gasteiger partial charge is 0.303 e. The minimum atomic E-state index is -1.55. The first-order valence-electron chi connectivity index (χ1n) is 21.1. The van der Waals surface area contributed by atoms with Gasteiger partial charge in [0, 0.05) is 33.6 Å². The lowest BCUT2D eigenvalue weighted by Crippen LogP contribution is -2.63. The molecule has 3 heterocycles. The van der Waals surface area contributed by atoms with Crippen molar-refractivity contribution in [1.29, 1.82) is 0 Å². The SMILES string of the molecule is CC(=O)OC[C@H]1O[C@@H]2OC(C)(O[C@H]3CC[C@]4(C)[C@H]5CC=C6[C@@H]([C@]7(C)CC[C@H](C(C)(C)O)O7)CC[C@@]6(C)[C@]5(C)CC[C@H]4C3(C)C)O[C@@H]2[C@@H](OC(C)=O)[C@@H]1OC(C)=O. The van der Waals surface area contributed by atoms with E-state index < -0.39 is 60.2 Å². The van der Waals surface area contributed by atoms with E-state index in [-0.39, 0.29) is 46.1 Å². The molecule has 12 heteroatoms. The average molecular weight is 789 g/mol. The highest BCUT2D eigenvalue weighted by atomic mass is 16.9. The van der Waals surface area contributed by atoms with Gasteiger partial charge in [0.25, 0.3) is 5.97 Å². The van der Waals surface area contributed by atoms with Crippen molar-refractivity contribution < 1.29 is 57.4 Å². The molecule has 316 valence electrons. The molecule has 1 N–H and O–H groups in total. The maximum atomic E-state index is 12.3. The van der Waals surface area contributed by atoms with Gasteiger partial charge in [-0.15, -0.1) is 0 Å². The monoisotopic (exact) mass is 788 g/mol. The molecule has 1 unspecified atom stereocenters. The van der Waals surface area contributed by atoms with Crippen molar-refractivity contribution in [2.45, 2.75) is 201 Å². The molecule has 0 aromatic heterocycles. The Morgan fingerprint density at radius 2 is 1.48 bits per heavy atom. The van der Waals surface area contributed by atoms with E-state index in [1.54, 1.807) is 12.5 Å². The fraction of sp³-hybridized carbons (Fsp3) is 0.886. The van der Waals surface area contributed by atoms with E-state index in [0.717, 1.165) is 57.8 Å². The van der Waals surface area contributed by atoms with E-state index in [9.17, 15) is 19.5 Å². The molecule has 56 heavy (non-hydrogen) atoms. The van der Waals surface area contributed by atoms with Crippen LogP contribution < -0.4 is 0 Å². The minimum absolute atomic E-state index is 0.0796. The standard InChI is InChI=1S/C44H68O12/c1-24(45)49-23-29-34(50-25(2)46)35(51-26(3)47)36-37(52-29)56-44(12,55-36)54-32-17-19-40(8)30(38(32,4)5)16-21-42(10)31(40)14-13-27-28(15-20-41(27,42)9)43(11)22-18-33(53-43)39(6,7)48/h13,28-37,48H,14-23H2,1-12H3/t28-,29+,30-,31+,32-,33+,34+,35-,36+,37+,40-,41+,42+,43-,44?/m0/s1. The Labute approximate surface area is 333 Å². The first kappa shape index (κ1) is 42.0. The van der Waals surface area contributed by atoms with Crippen molar-refractivity contribution in [3.05, 3.63) is 11.6 Å². The number of carbonyl (C=O) groups is 3. The molecule has 4 aliphatic carbocycles. The molecule has 0 amide bonds. The van der Waals surface area contributed by atoms with Crippen LogP contribution in [0.4, 0.5) is 0 Å². The van der Waals surface area contributed by atoms with Crippen molar-refractivity contribution in [3.63, 3.8) is 0 Å². The van der Waals surface area contributed by atoms with Gasteiger partial charge in [-0.1, -0.05) is 46.3 Å². The van der Waals surface area contributed by atoms with Gasteiger partial charge in [0.1, 0.15) is 12.7 Å². The number of allylic oxidation sites excluding steroid dienone is 1. The Hall–Kier alpha value is -2.09. The van der Waals surface area contributed by atoms with Crippen LogP contribution in [0.25, 0.3) is 0 Å². The van der Waals surface area contributed by atoms with Gasteiger partial charge in [-0.05, 0) is 112 Å². The zero-order valence-corrected chi connectivity index (χ0v) is 35.9. The molecule has 0 bridgehead atoms. The Morgan fingerprint density at radius 1 is 0.804 bits per heavy atom. The summed E-state index contributed by atoms with van der Waals surface area (Å²) in [5.41, 5.74) is 0.532. The zero-order valence-electron chi connectivity index (χ0n) is 35.9. The van der Waals surface area contributed by atoms with Crippen molar-refractivity contribution in [3.8, 4) is 0 Å². The van der Waals surface area contributed by atoms with Crippen LogP contribution in [-0.4, -0.2) is 89.7 Å². The van der Waals surface area contributed by atoms with Gasteiger partial charge in [0.05, 0.1) is 23.4 Å². The fourth-order valence-electron chi connectivity index (χ4n) is 13.4. The third kappa shape index (κ3) is 6.78. The summed E-state index contributed by atoms with van der Waals surface area (Å²) in [6, 6.07) is 0. The number of rotatable bonds is 8. The van der Waals surface area contributed by atoms with Crippen LogP contribution in [0.1, 0.15) is 141 Å². The summed E-state index contributed by atoms with van der Waals surface area (Å²) in [4.78, 5) is 36.2. The summed E-state index contributed by atoms with van der Waals surface area (Å²) in [6.45, 7) is 23.6. The number of hydrogen-bond donors (Lipinski definition) is 1. The van der Waals surface area contributed by atoms with E-state index in [2.05, 4.69) is 47.6 Å². The maximum Gasteiger partial charge on any atom is 0.303 e. The Bertz CT molecular complexity index is 1600. The van der Waals surface area contributed by atoms with E-state index >= 15 is 0 Å². The summed E-state index contributed by atoms with van der Waals surface area (Å²) < 4.78 is 49.3. The van der Waals surface area contributed by atoms with E-state index in [0.29, 0.717) is 17.8 Å². The topological polar surface area (TPSA) is 145 Å². The number of carbonyl (C=O) groups excluding carboxylic acids is 3. The van der Waals surface area contributed by atoms with Gasteiger partial charge >= 0.3 is 17.9 Å². The molecule has 7 rings (SSSR count). The molecule has 3 saturated carbocycles.